The average molecular weight is 1210 g/mol. The van der Waals surface area contributed by atoms with Gasteiger partial charge in [-0.05, 0) is 179 Å². The van der Waals surface area contributed by atoms with Crippen molar-refractivity contribution in [1.29, 1.82) is 0 Å². The summed E-state index contributed by atoms with van der Waals surface area (Å²) in [5.74, 6) is 0. The first-order chi connectivity index (χ1) is 46.3. The number of hydrogen-bond acceptors (Lipinski definition) is 2. The van der Waals surface area contributed by atoms with Crippen LogP contribution in [0.15, 0.2) is 322 Å². The molecule has 2 heterocycles. The van der Waals surface area contributed by atoms with E-state index in [1.165, 1.54) is 116 Å². The highest BCUT2D eigenvalue weighted by atomic mass is 19.4. The summed E-state index contributed by atoms with van der Waals surface area (Å²) in [6, 6.07) is 112. The Morgan fingerprint density at radius 1 is 0.213 bits per heavy atom. The van der Waals surface area contributed by atoms with E-state index in [0.29, 0.717) is 10.9 Å². The number of hydrogen-bond donors (Lipinski definition) is 0. The Hall–Kier alpha value is -12.1. The summed E-state index contributed by atoms with van der Waals surface area (Å²) in [6.07, 6.45) is -4.51. The predicted octanol–water partition coefficient (Wildman–Crippen LogP) is 25.1. The summed E-state index contributed by atoms with van der Waals surface area (Å²) >= 11 is 0. The second kappa shape index (κ2) is 21.8. The number of halogens is 3. The van der Waals surface area contributed by atoms with Gasteiger partial charge in [0.15, 0.2) is 0 Å². The fraction of sp³-hybridized carbons (Fsp3) is 0.0112. The van der Waals surface area contributed by atoms with Gasteiger partial charge in [0.25, 0.3) is 0 Å². The maximum atomic E-state index is 13.5. The zero-order valence-corrected chi connectivity index (χ0v) is 50.6. The number of fused-ring (bicyclic) bond motifs is 10. The molecule has 2 aliphatic rings. The van der Waals surface area contributed by atoms with E-state index in [0.717, 1.165) is 72.4 Å². The van der Waals surface area contributed by atoms with Crippen LogP contribution in [0.25, 0.3) is 187 Å². The van der Waals surface area contributed by atoms with Gasteiger partial charge in [-0.3, -0.25) is 0 Å². The van der Waals surface area contributed by atoms with Crippen LogP contribution in [0.3, 0.4) is 0 Å². The summed E-state index contributed by atoms with van der Waals surface area (Å²) < 4.78 is 40.6. The Kier molecular flexibility index (Phi) is 12.7. The van der Waals surface area contributed by atoms with Crippen molar-refractivity contribution >= 4 is 64.9 Å². The van der Waals surface area contributed by atoms with E-state index in [1.807, 2.05) is 30.3 Å². The fourth-order valence-corrected chi connectivity index (χ4v) is 15.2. The monoisotopic (exact) mass is 1210 g/mol. The lowest BCUT2D eigenvalue weighted by Crippen LogP contribution is -2.07. The van der Waals surface area contributed by atoms with E-state index in [-0.39, 0.29) is 0 Å². The maximum Gasteiger partial charge on any atom is 0.433 e. The van der Waals surface area contributed by atoms with Crippen molar-refractivity contribution < 1.29 is 13.2 Å². The van der Waals surface area contributed by atoms with Crippen LogP contribution in [0.1, 0.15) is 5.69 Å². The molecular formula is C89H53F3N2. The van der Waals surface area contributed by atoms with Gasteiger partial charge >= 0.3 is 6.18 Å². The highest BCUT2D eigenvalue weighted by Crippen LogP contribution is 2.61. The molecule has 0 bridgehead atoms. The molecule has 0 aliphatic heterocycles. The minimum Gasteiger partial charge on any atom is -0.248 e. The molecule has 5 heteroatoms. The third-order valence-electron chi connectivity index (χ3n) is 19.2. The first kappa shape index (κ1) is 54.8. The summed E-state index contributed by atoms with van der Waals surface area (Å²) in [6.45, 7) is 0. The van der Waals surface area contributed by atoms with Gasteiger partial charge < -0.3 is 0 Å². The summed E-state index contributed by atoms with van der Waals surface area (Å²) in [5.41, 5.74) is 26.5. The van der Waals surface area contributed by atoms with Crippen molar-refractivity contribution in [2.45, 2.75) is 6.18 Å². The molecule has 0 saturated heterocycles. The Morgan fingerprint density at radius 3 is 0.904 bits per heavy atom. The molecule has 17 aromatic rings. The Bertz CT molecular complexity index is 5740. The topological polar surface area (TPSA) is 25.8 Å². The van der Waals surface area contributed by atoms with E-state index in [4.69, 9.17) is 4.98 Å². The van der Waals surface area contributed by atoms with Gasteiger partial charge in [0, 0.05) is 16.3 Å². The van der Waals surface area contributed by atoms with Gasteiger partial charge in [0.05, 0.1) is 16.7 Å². The molecule has 0 radical (unpaired) electrons. The zero-order chi connectivity index (χ0) is 62.6. The number of aromatic nitrogens is 2. The Morgan fingerprint density at radius 2 is 0.521 bits per heavy atom. The van der Waals surface area contributed by atoms with Crippen molar-refractivity contribution in [2.24, 2.45) is 0 Å². The maximum absolute atomic E-state index is 13.5. The van der Waals surface area contributed by atoms with Crippen LogP contribution >= 0.6 is 0 Å². The number of benzene rings is 15. The van der Waals surface area contributed by atoms with Crippen molar-refractivity contribution in [3.63, 3.8) is 0 Å². The molecule has 0 N–H and O–H groups in total. The van der Waals surface area contributed by atoms with E-state index in [9.17, 15) is 13.2 Å². The van der Waals surface area contributed by atoms with Crippen molar-refractivity contribution in [3.8, 4) is 123 Å². The van der Waals surface area contributed by atoms with Crippen LogP contribution in [0.5, 0.6) is 0 Å². The number of rotatable bonds is 7. The molecule has 2 aliphatic carbocycles. The number of alkyl halides is 3. The quantitative estimate of drug-likeness (QED) is 0.159. The second-order valence-electron chi connectivity index (χ2n) is 24.4. The molecule has 0 unspecified atom stereocenters. The highest BCUT2D eigenvalue weighted by Gasteiger charge is 2.35. The van der Waals surface area contributed by atoms with Crippen molar-refractivity contribution in [2.75, 3.05) is 0 Å². The Labute approximate surface area is 540 Å². The van der Waals surface area contributed by atoms with Crippen LogP contribution in [0, 0.1) is 0 Å². The fourth-order valence-electron chi connectivity index (χ4n) is 15.2. The lowest BCUT2D eigenvalue weighted by molar-refractivity contribution is -0.140. The lowest BCUT2D eigenvalue weighted by atomic mass is 9.82. The molecule has 2 aromatic heterocycles. The Balaban J connectivity index is 0.000000138. The predicted molar refractivity (Wildman–Crippen MR) is 385 cm³/mol. The van der Waals surface area contributed by atoms with Crippen LogP contribution in [-0.2, 0) is 6.18 Å². The van der Waals surface area contributed by atoms with Crippen LogP contribution < -0.4 is 0 Å². The molecule has 0 spiro atoms. The molecular weight excluding hydrogens is 1150 g/mol. The van der Waals surface area contributed by atoms with Crippen molar-refractivity contribution in [1.82, 2.24) is 9.97 Å². The largest absolute Gasteiger partial charge is 0.433 e. The normalized spacial score (nSPS) is 12.0. The summed E-state index contributed by atoms with van der Waals surface area (Å²) in [7, 11) is 0. The molecule has 15 aromatic carbocycles. The molecule has 2 nitrogen and oxygen atoms in total. The van der Waals surface area contributed by atoms with E-state index >= 15 is 0 Å². The first-order valence-electron chi connectivity index (χ1n) is 31.8. The van der Waals surface area contributed by atoms with Gasteiger partial charge in [-0.2, -0.15) is 13.2 Å². The van der Waals surface area contributed by atoms with E-state index in [2.05, 4.69) is 278 Å². The van der Waals surface area contributed by atoms with Gasteiger partial charge in [-0.15, -0.1) is 0 Å². The molecule has 0 atom stereocenters. The van der Waals surface area contributed by atoms with E-state index in [1.54, 1.807) is 6.07 Å². The lowest BCUT2D eigenvalue weighted by Gasteiger charge is -2.20. The van der Waals surface area contributed by atoms with Gasteiger partial charge in [-0.1, -0.05) is 297 Å². The highest BCUT2D eigenvalue weighted by molar-refractivity contribution is 6.31. The smallest absolute Gasteiger partial charge is 0.248 e. The molecule has 440 valence electrons. The number of pyridine rings is 2. The van der Waals surface area contributed by atoms with Crippen LogP contribution in [0.2, 0.25) is 0 Å². The zero-order valence-electron chi connectivity index (χ0n) is 50.6. The third-order valence-corrected chi connectivity index (χ3v) is 19.2. The van der Waals surface area contributed by atoms with Gasteiger partial charge in [0.1, 0.15) is 5.69 Å². The second-order valence-corrected chi connectivity index (χ2v) is 24.4. The molecule has 19 rings (SSSR count). The van der Waals surface area contributed by atoms with Gasteiger partial charge in [0.2, 0.25) is 0 Å². The minimum absolute atomic E-state index is 0.322. The first-order valence-corrected chi connectivity index (χ1v) is 31.8. The molecule has 94 heavy (non-hydrogen) atoms. The van der Waals surface area contributed by atoms with Crippen LogP contribution in [-0.4, -0.2) is 9.97 Å². The molecule has 0 saturated carbocycles. The van der Waals surface area contributed by atoms with Crippen molar-refractivity contribution in [3.05, 3.63) is 327 Å². The summed E-state index contributed by atoms with van der Waals surface area (Å²) in [4.78, 5) is 9.10. The summed E-state index contributed by atoms with van der Waals surface area (Å²) in [5, 5.41) is 11.5. The number of nitrogens with zero attached hydrogens (tertiary/aromatic N) is 2. The average Bonchev–Trinajstić information content (AvgIpc) is 1.53. The van der Waals surface area contributed by atoms with Crippen LogP contribution in [0.4, 0.5) is 13.2 Å². The third kappa shape index (κ3) is 8.80. The van der Waals surface area contributed by atoms with E-state index < -0.39 is 11.9 Å². The molecule has 0 fully saturated rings. The minimum atomic E-state index is -4.51. The van der Waals surface area contributed by atoms with Gasteiger partial charge in [-0.25, -0.2) is 9.97 Å². The SMILES string of the molecule is FC(F)(F)c1ccc2ccc(-c3ccc4c5c(cccc35)-c3c-4c(-c4ccccc4)c4ccccc4c3-c3ccccc3)cc2n1.c1ccc(-c2ccc3ccc(-c4ccc5c6c(cccc46)-c4c-5c(-c5ccccc5)c5ccccc5c4-c4ccccc4)cc3n2)cc1. The standard InChI is InChI=1S/C47H29N.C42H24F3N/c1-4-13-30(14-5-1)41-28-25-31-23-24-34(29-42(31)48-41)35-26-27-40-45-36(35)21-12-22-39(45)46-43(32-15-6-2-7-16-32)37-19-10-11-20-38(37)44(47(40)46)33-17-8-3-9-18-33;43-42(44,45)36-23-20-25-18-19-28(24-35(25)46-36)29-21-22-34-39-30(29)16-9-17-33(39)40-37(26-10-3-1-4-11-26)31-14-7-8-15-32(31)38(41(34)40)27-12-5-2-6-13-27/h1-29H;1-24H. The molecule has 0 amide bonds.